The van der Waals surface area contributed by atoms with E-state index in [0.29, 0.717) is 6.54 Å². The fraction of sp³-hybridized carbons (Fsp3) is 0.650. The molecule has 138 valence electrons. The lowest BCUT2D eigenvalue weighted by Crippen LogP contribution is -2.51. The summed E-state index contributed by atoms with van der Waals surface area (Å²) >= 11 is 0. The summed E-state index contributed by atoms with van der Waals surface area (Å²) < 4.78 is 5.82. The molecule has 0 unspecified atom stereocenters. The van der Waals surface area contributed by atoms with Crippen LogP contribution in [0.4, 0.5) is 0 Å². The van der Waals surface area contributed by atoms with Crippen molar-refractivity contribution in [3.8, 4) is 0 Å². The van der Waals surface area contributed by atoms with Crippen LogP contribution in [0.5, 0.6) is 0 Å². The lowest BCUT2D eigenvalue weighted by atomic mass is 9.97. The van der Waals surface area contributed by atoms with E-state index in [4.69, 9.17) is 10.5 Å². The van der Waals surface area contributed by atoms with Crippen molar-refractivity contribution < 1.29 is 9.53 Å². The monoisotopic (exact) mass is 345 g/mol. The first-order valence-corrected chi connectivity index (χ1v) is 9.48. The number of carbonyl (C=O) groups is 1. The van der Waals surface area contributed by atoms with Crippen LogP contribution in [0.15, 0.2) is 24.3 Å². The van der Waals surface area contributed by atoms with Crippen molar-refractivity contribution in [1.82, 2.24) is 10.2 Å². The molecular formula is C20H31N3O2. The zero-order chi connectivity index (χ0) is 17.9. The number of benzene rings is 1. The number of nitrogens with one attached hydrogen (secondary N) is 1. The van der Waals surface area contributed by atoms with Gasteiger partial charge in [0.1, 0.15) is 0 Å². The summed E-state index contributed by atoms with van der Waals surface area (Å²) in [4.78, 5) is 14.9. The second-order valence-corrected chi connectivity index (χ2v) is 7.77. The van der Waals surface area contributed by atoms with E-state index in [0.717, 1.165) is 45.3 Å². The lowest BCUT2D eigenvalue weighted by Gasteiger charge is -2.35. The van der Waals surface area contributed by atoms with Gasteiger partial charge in [-0.05, 0) is 37.8 Å². The van der Waals surface area contributed by atoms with Crippen molar-refractivity contribution in [2.75, 3.05) is 13.1 Å². The van der Waals surface area contributed by atoms with E-state index in [2.05, 4.69) is 42.3 Å². The van der Waals surface area contributed by atoms with E-state index in [1.54, 1.807) is 0 Å². The Balaban J connectivity index is 1.62. The van der Waals surface area contributed by atoms with Crippen molar-refractivity contribution in [3.05, 3.63) is 35.4 Å². The molecule has 1 saturated heterocycles. The molecule has 1 aliphatic heterocycles. The molecule has 5 nitrogen and oxygen atoms in total. The molecule has 2 fully saturated rings. The topological polar surface area (TPSA) is 67.6 Å². The molecule has 2 atom stereocenters. The molecule has 25 heavy (non-hydrogen) atoms. The minimum atomic E-state index is -0.663. The maximum atomic E-state index is 12.5. The molecule has 0 radical (unpaired) electrons. The van der Waals surface area contributed by atoms with Crippen molar-refractivity contribution in [3.63, 3.8) is 0 Å². The summed E-state index contributed by atoms with van der Waals surface area (Å²) in [5.74, 6) is -0.00609. The molecule has 5 heteroatoms. The number of nitrogens with zero attached hydrogens (tertiary/aromatic N) is 1. The van der Waals surface area contributed by atoms with E-state index >= 15 is 0 Å². The Hall–Kier alpha value is -1.43. The van der Waals surface area contributed by atoms with Crippen molar-refractivity contribution >= 4 is 5.91 Å². The number of rotatable bonds is 5. The molecule has 2 aliphatic rings. The highest BCUT2D eigenvalue weighted by Crippen LogP contribution is 2.27. The van der Waals surface area contributed by atoms with E-state index in [1.807, 2.05) is 6.07 Å². The van der Waals surface area contributed by atoms with E-state index in [1.165, 1.54) is 11.1 Å². The Kier molecular flexibility index (Phi) is 5.77. The molecule has 1 saturated carbocycles. The average molecular weight is 345 g/mol. The molecule has 0 aromatic heterocycles. The predicted molar refractivity (Wildman–Crippen MR) is 99.0 cm³/mol. The van der Waals surface area contributed by atoms with Gasteiger partial charge in [-0.25, -0.2) is 0 Å². The number of morpholine rings is 1. The second kappa shape index (κ2) is 7.85. The van der Waals surface area contributed by atoms with Gasteiger partial charge in [-0.1, -0.05) is 37.1 Å². The molecule has 3 N–H and O–H groups in total. The van der Waals surface area contributed by atoms with Gasteiger partial charge >= 0.3 is 0 Å². The highest BCUT2D eigenvalue weighted by molar-refractivity contribution is 5.86. The van der Waals surface area contributed by atoms with Gasteiger partial charge in [0, 0.05) is 26.2 Å². The molecule has 0 spiro atoms. The van der Waals surface area contributed by atoms with Crippen LogP contribution in [0.2, 0.25) is 0 Å². The Labute approximate surface area is 150 Å². The summed E-state index contributed by atoms with van der Waals surface area (Å²) in [6, 6.07) is 8.35. The number of carbonyl (C=O) groups excluding carboxylic acids is 1. The van der Waals surface area contributed by atoms with Crippen LogP contribution in [0.3, 0.4) is 0 Å². The molecule has 1 heterocycles. The summed E-state index contributed by atoms with van der Waals surface area (Å²) in [7, 11) is 0. The Morgan fingerprint density at radius 2 is 1.80 bits per heavy atom. The maximum absolute atomic E-state index is 12.5. The van der Waals surface area contributed by atoms with Crippen molar-refractivity contribution in [2.45, 2.75) is 70.4 Å². The average Bonchev–Trinajstić information content (AvgIpc) is 3.01. The Bertz CT molecular complexity index is 588. The Morgan fingerprint density at radius 1 is 1.20 bits per heavy atom. The van der Waals surface area contributed by atoms with Crippen LogP contribution in [0.25, 0.3) is 0 Å². The first kappa shape index (κ1) is 18.4. The van der Waals surface area contributed by atoms with Crippen LogP contribution < -0.4 is 11.1 Å². The molecule has 1 aromatic carbocycles. The van der Waals surface area contributed by atoms with Gasteiger partial charge in [0.05, 0.1) is 17.7 Å². The maximum Gasteiger partial charge on any atom is 0.240 e. The molecule has 1 amide bonds. The molecule has 1 aromatic rings. The number of hydrogen-bond acceptors (Lipinski definition) is 4. The smallest absolute Gasteiger partial charge is 0.240 e. The number of hydrogen-bond donors (Lipinski definition) is 2. The van der Waals surface area contributed by atoms with E-state index < -0.39 is 5.54 Å². The fourth-order valence-electron chi connectivity index (χ4n) is 4.12. The highest BCUT2D eigenvalue weighted by Gasteiger charge is 2.36. The van der Waals surface area contributed by atoms with Crippen LogP contribution in [0, 0.1) is 0 Å². The highest BCUT2D eigenvalue weighted by atomic mass is 16.5. The summed E-state index contributed by atoms with van der Waals surface area (Å²) in [5.41, 5.74) is 8.02. The molecule has 3 rings (SSSR count). The lowest BCUT2D eigenvalue weighted by molar-refractivity contribution is -0.126. The zero-order valence-electron chi connectivity index (χ0n) is 15.5. The quantitative estimate of drug-likeness (QED) is 0.858. The molecular weight excluding hydrogens is 314 g/mol. The first-order chi connectivity index (χ1) is 12.0. The van der Waals surface area contributed by atoms with E-state index in [9.17, 15) is 4.79 Å². The third kappa shape index (κ3) is 4.60. The van der Waals surface area contributed by atoms with Crippen molar-refractivity contribution in [1.29, 1.82) is 0 Å². The van der Waals surface area contributed by atoms with Gasteiger partial charge < -0.3 is 15.8 Å². The van der Waals surface area contributed by atoms with Crippen LogP contribution >= 0.6 is 0 Å². The van der Waals surface area contributed by atoms with Crippen LogP contribution in [-0.2, 0) is 22.6 Å². The summed E-state index contributed by atoms with van der Waals surface area (Å²) in [6.07, 6.45) is 4.21. The Morgan fingerprint density at radius 3 is 2.44 bits per heavy atom. The van der Waals surface area contributed by atoms with E-state index in [-0.39, 0.29) is 18.1 Å². The van der Waals surface area contributed by atoms with Crippen molar-refractivity contribution in [2.24, 2.45) is 5.73 Å². The number of nitrogens with two attached hydrogens (primary N) is 1. The SMILES string of the molecule is C[C@@H]1CN(Cc2ccccc2CNC(=O)C2(N)CCCC2)C[C@@H](C)O1. The zero-order valence-corrected chi connectivity index (χ0v) is 15.5. The second-order valence-electron chi connectivity index (χ2n) is 7.77. The third-order valence-corrected chi connectivity index (χ3v) is 5.39. The van der Waals surface area contributed by atoms with Gasteiger partial charge in [0.15, 0.2) is 0 Å². The number of ether oxygens (including phenoxy) is 1. The normalized spacial score (nSPS) is 26.5. The van der Waals surface area contributed by atoms with Crippen LogP contribution in [-0.4, -0.2) is 41.6 Å². The predicted octanol–water partition coefficient (Wildman–Crippen LogP) is 2.18. The van der Waals surface area contributed by atoms with Gasteiger partial charge in [0.2, 0.25) is 5.91 Å². The molecule has 0 bridgehead atoms. The summed E-state index contributed by atoms with van der Waals surface area (Å²) in [6.45, 7) is 7.56. The summed E-state index contributed by atoms with van der Waals surface area (Å²) in [5, 5.41) is 3.07. The minimum Gasteiger partial charge on any atom is -0.373 e. The third-order valence-electron chi connectivity index (χ3n) is 5.39. The van der Waals surface area contributed by atoms with Gasteiger partial charge in [-0.2, -0.15) is 0 Å². The largest absolute Gasteiger partial charge is 0.373 e. The van der Waals surface area contributed by atoms with Gasteiger partial charge in [-0.15, -0.1) is 0 Å². The fourth-order valence-corrected chi connectivity index (χ4v) is 4.12. The standard InChI is InChI=1S/C20H31N3O2/c1-15-12-23(13-16(2)25-15)14-18-8-4-3-7-17(18)11-22-19(24)20(21)9-5-6-10-20/h3-4,7-8,15-16H,5-6,9-14,21H2,1-2H3,(H,22,24)/t15-,16-/m1/s1. The van der Waals surface area contributed by atoms with Crippen LogP contribution in [0.1, 0.15) is 50.7 Å². The van der Waals surface area contributed by atoms with Gasteiger partial charge in [-0.3, -0.25) is 9.69 Å². The first-order valence-electron chi connectivity index (χ1n) is 9.48. The van der Waals surface area contributed by atoms with Gasteiger partial charge in [0.25, 0.3) is 0 Å². The minimum absolute atomic E-state index is 0.00609. The number of amides is 1. The molecule has 1 aliphatic carbocycles.